The van der Waals surface area contributed by atoms with Crippen molar-refractivity contribution in [1.82, 2.24) is 4.90 Å². The predicted octanol–water partition coefficient (Wildman–Crippen LogP) is 2.66. The third kappa shape index (κ3) is 0.869. The van der Waals surface area contributed by atoms with Crippen molar-refractivity contribution >= 4 is 0 Å². The highest BCUT2D eigenvalue weighted by Crippen LogP contribution is 2.58. The standard InChI is InChI=1S/C12H21N/c1-8(2)10-5-4-9-6-12(3)7-11(10)13(9)12/h8-11H,4-7H2,1-3H3. The fourth-order valence-corrected chi connectivity index (χ4v) is 4.29. The third-order valence-corrected chi connectivity index (χ3v) is 4.88. The minimum absolute atomic E-state index is 0.656. The van der Waals surface area contributed by atoms with E-state index in [1.165, 1.54) is 25.7 Å². The van der Waals surface area contributed by atoms with Crippen LogP contribution in [0, 0.1) is 11.8 Å². The van der Waals surface area contributed by atoms with Crippen LogP contribution in [0.15, 0.2) is 0 Å². The molecule has 0 aromatic heterocycles. The summed E-state index contributed by atoms with van der Waals surface area (Å²) < 4.78 is 0. The second-order valence-corrected chi connectivity index (χ2v) is 6.02. The number of piperidine rings is 2. The van der Waals surface area contributed by atoms with Gasteiger partial charge >= 0.3 is 0 Å². The summed E-state index contributed by atoms with van der Waals surface area (Å²) in [4.78, 5) is 2.83. The first-order valence-corrected chi connectivity index (χ1v) is 5.90. The molecular weight excluding hydrogens is 158 g/mol. The quantitative estimate of drug-likeness (QED) is 0.598. The first kappa shape index (κ1) is 8.28. The minimum atomic E-state index is 0.656. The molecule has 1 nitrogen and oxygen atoms in total. The second kappa shape index (κ2) is 2.31. The summed E-state index contributed by atoms with van der Waals surface area (Å²) in [5, 5.41) is 0. The van der Waals surface area contributed by atoms with Crippen molar-refractivity contribution in [1.29, 1.82) is 0 Å². The molecule has 74 valence electrons. The zero-order valence-corrected chi connectivity index (χ0v) is 9.09. The van der Waals surface area contributed by atoms with Gasteiger partial charge in [-0.25, -0.2) is 0 Å². The van der Waals surface area contributed by atoms with Crippen LogP contribution in [-0.2, 0) is 0 Å². The first-order valence-electron chi connectivity index (χ1n) is 5.90. The summed E-state index contributed by atoms with van der Waals surface area (Å²) >= 11 is 0. The fraction of sp³-hybridized carbons (Fsp3) is 1.00. The van der Waals surface area contributed by atoms with E-state index in [2.05, 4.69) is 25.7 Å². The predicted molar refractivity (Wildman–Crippen MR) is 54.6 cm³/mol. The lowest BCUT2D eigenvalue weighted by atomic mass is 9.56. The largest absolute Gasteiger partial charge is 0.291 e. The van der Waals surface area contributed by atoms with Crippen LogP contribution in [0.3, 0.4) is 0 Å². The number of hydrogen-bond donors (Lipinski definition) is 0. The molecule has 1 heteroatoms. The van der Waals surface area contributed by atoms with Gasteiger partial charge in [0.1, 0.15) is 0 Å². The van der Waals surface area contributed by atoms with Crippen LogP contribution >= 0.6 is 0 Å². The van der Waals surface area contributed by atoms with Gasteiger partial charge in [-0.2, -0.15) is 0 Å². The van der Waals surface area contributed by atoms with Crippen molar-refractivity contribution in [3.63, 3.8) is 0 Å². The Labute approximate surface area is 81.5 Å². The normalized spacial score (nSPS) is 54.0. The van der Waals surface area contributed by atoms with Gasteiger partial charge in [-0.1, -0.05) is 13.8 Å². The van der Waals surface area contributed by atoms with Gasteiger partial charge in [0.15, 0.2) is 0 Å². The van der Waals surface area contributed by atoms with Crippen molar-refractivity contribution in [2.75, 3.05) is 0 Å². The molecular formula is C12H21N. The number of nitrogens with zero attached hydrogens (tertiary/aromatic N) is 1. The van der Waals surface area contributed by atoms with E-state index < -0.39 is 0 Å². The van der Waals surface area contributed by atoms with Gasteiger partial charge in [0.25, 0.3) is 0 Å². The Balaban J connectivity index is 1.78. The van der Waals surface area contributed by atoms with Crippen molar-refractivity contribution in [2.45, 2.75) is 64.1 Å². The lowest BCUT2D eigenvalue weighted by molar-refractivity contribution is -0.232. The van der Waals surface area contributed by atoms with Gasteiger partial charge < -0.3 is 0 Å². The maximum atomic E-state index is 2.83. The van der Waals surface area contributed by atoms with E-state index in [0.717, 1.165) is 23.9 Å². The summed E-state index contributed by atoms with van der Waals surface area (Å²) in [6, 6.07) is 1.95. The average molecular weight is 179 g/mol. The summed E-state index contributed by atoms with van der Waals surface area (Å²) in [6.07, 6.45) is 5.97. The Bertz CT molecular complexity index is 233. The van der Waals surface area contributed by atoms with Gasteiger partial charge in [-0.15, -0.1) is 0 Å². The lowest BCUT2D eigenvalue weighted by Gasteiger charge is -2.74. The highest BCUT2D eigenvalue weighted by atomic mass is 15.4. The van der Waals surface area contributed by atoms with Gasteiger partial charge in [-0.3, -0.25) is 4.90 Å². The molecule has 0 radical (unpaired) electrons. The Morgan fingerprint density at radius 1 is 1.23 bits per heavy atom. The summed E-state index contributed by atoms with van der Waals surface area (Å²) in [7, 11) is 0. The van der Waals surface area contributed by atoms with Gasteiger partial charge in [-0.05, 0) is 44.4 Å². The van der Waals surface area contributed by atoms with Crippen LogP contribution in [-0.4, -0.2) is 22.5 Å². The van der Waals surface area contributed by atoms with Crippen LogP contribution in [0.25, 0.3) is 0 Å². The van der Waals surface area contributed by atoms with Crippen LogP contribution in [0.4, 0.5) is 0 Å². The summed E-state index contributed by atoms with van der Waals surface area (Å²) in [6.45, 7) is 7.27. The SMILES string of the molecule is CC(C)C1CCC2CC3(C)CC1N23. The van der Waals surface area contributed by atoms with Crippen molar-refractivity contribution < 1.29 is 0 Å². The van der Waals surface area contributed by atoms with E-state index in [4.69, 9.17) is 0 Å². The van der Waals surface area contributed by atoms with Crippen LogP contribution in [0.1, 0.15) is 46.5 Å². The average Bonchev–Trinajstić information content (AvgIpc) is 1.99. The Hall–Kier alpha value is -0.0400. The van der Waals surface area contributed by atoms with Crippen LogP contribution < -0.4 is 0 Å². The summed E-state index contributed by atoms with van der Waals surface area (Å²) in [5.74, 6) is 1.90. The zero-order valence-electron chi connectivity index (χ0n) is 9.09. The fourth-order valence-electron chi connectivity index (χ4n) is 4.29. The molecule has 0 amide bonds. The zero-order chi connectivity index (χ0) is 9.22. The number of rotatable bonds is 1. The van der Waals surface area contributed by atoms with Gasteiger partial charge in [0.2, 0.25) is 0 Å². The molecule has 3 fully saturated rings. The molecule has 3 aliphatic rings. The van der Waals surface area contributed by atoms with Gasteiger partial charge in [0.05, 0.1) is 0 Å². The molecule has 0 aromatic rings. The maximum Gasteiger partial charge on any atom is 0.0217 e. The highest BCUT2D eigenvalue weighted by molar-refractivity contribution is 5.19. The molecule has 0 saturated carbocycles. The molecule has 0 N–H and O–H groups in total. The van der Waals surface area contributed by atoms with Crippen molar-refractivity contribution in [3.8, 4) is 0 Å². The Kier molecular flexibility index (Phi) is 1.47. The van der Waals surface area contributed by atoms with E-state index in [1.54, 1.807) is 0 Å². The third-order valence-electron chi connectivity index (χ3n) is 4.88. The van der Waals surface area contributed by atoms with Crippen LogP contribution in [0.5, 0.6) is 0 Å². The van der Waals surface area contributed by atoms with Gasteiger partial charge in [0, 0.05) is 17.6 Å². The smallest absolute Gasteiger partial charge is 0.0217 e. The summed E-state index contributed by atoms with van der Waals surface area (Å²) in [5.41, 5.74) is 0.656. The topological polar surface area (TPSA) is 3.24 Å². The van der Waals surface area contributed by atoms with Crippen LogP contribution in [0.2, 0.25) is 0 Å². The Morgan fingerprint density at radius 3 is 2.62 bits per heavy atom. The second-order valence-electron chi connectivity index (χ2n) is 6.02. The Morgan fingerprint density at radius 2 is 2.00 bits per heavy atom. The molecule has 0 spiro atoms. The van der Waals surface area contributed by atoms with E-state index in [1.807, 2.05) is 0 Å². The molecule has 3 heterocycles. The van der Waals surface area contributed by atoms with E-state index in [9.17, 15) is 0 Å². The van der Waals surface area contributed by atoms with E-state index in [0.29, 0.717) is 5.54 Å². The maximum absolute atomic E-state index is 2.83. The highest BCUT2D eigenvalue weighted by Gasteiger charge is 2.63. The molecule has 3 saturated heterocycles. The molecule has 0 aliphatic carbocycles. The molecule has 4 unspecified atom stereocenters. The minimum Gasteiger partial charge on any atom is -0.291 e. The molecule has 13 heavy (non-hydrogen) atoms. The van der Waals surface area contributed by atoms with Crippen molar-refractivity contribution in [2.24, 2.45) is 11.8 Å². The van der Waals surface area contributed by atoms with E-state index in [-0.39, 0.29) is 0 Å². The lowest BCUT2D eigenvalue weighted by Crippen LogP contribution is -2.80. The van der Waals surface area contributed by atoms with Crippen molar-refractivity contribution in [3.05, 3.63) is 0 Å². The molecule has 0 bridgehead atoms. The number of hydrogen-bond acceptors (Lipinski definition) is 1. The molecule has 0 aromatic carbocycles. The molecule has 3 rings (SSSR count). The molecule has 4 atom stereocenters. The monoisotopic (exact) mass is 179 g/mol. The van der Waals surface area contributed by atoms with E-state index >= 15 is 0 Å². The first-order chi connectivity index (χ1) is 6.12. The molecule has 3 aliphatic heterocycles.